The zero-order valence-electron chi connectivity index (χ0n) is 14.9. The normalized spacial score (nSPS) is 19.7. The van der Waals surface area contributed by atoms with Crippen molar-refractivity contribution >= 4 is 5.91 Å². The van der Waals surface area contributed by atoms with E-state index in [-0.39, 0.29) is 18.5 Å². The summed E-state index contributed by atoms with van der Waals surface area (Å²) >= 11 is 0. The SMILES string of the molecule is O=C(c1cnn2c1OCCC2)N1CCCC(Oc2nccc(C(F)(F)F)n2)C1. The van der Waals surface area contributed by atoms with Crippen molar-refractivity contribution in [2.75, 3.05) is 19.7 Å². The first kappa shape index (κ1) is 18.5. The molecule has 150 valence electrons. The lowest BCUT2D eigenvalue weighted by atomic mass is 10.1. The van der Waals surface area contributed by atoms with Crippen LogP contribution in [0.15, 0.2) is 18.5 Å². The predicted molar refractivity (Wildman–Crippen MR) is 88.9 cm³/mol. The van der Waals surface area contributed by atoms with Gasteiger partial charge >= 0.3 is 12.2 Å². The summed E-state index contributed by atoms with van der Waals surface area (Å²) in [5.41, 5.74) is -0.680. The van der Waals surface area contributed by atoms with Crippen molar-refractivity contribution in [2.45, 2.75) is 38.1 Å². The molecule has 11 heteroatoms. The molecule has 2 aromatic rings. The first-order chi connectivity index (χ1) is 13.4. The molecule has 4 rings (SSSR count). The average molecular weight is 397 g/mol. The maximum Gasteiger partial charge on any atom is 0.433 e. The van der Waals surface area contributed by atoms with Gasteiger partial charge in [-0.25, -0.2) is 9.67 Å². The number of hydrogen-bond acceptors (Lipinski definition) is 6. The van der Waals surface area contributed by atoms with Crippen molar-refractivity contribution in [1.29, 1.82) is 0 Å². The summed E-state index contributed by atoms with van der Waals surface area (Å²) in [6.45, 7) is 1.97. The number of hydrogen-bond donors (Lipinski definition) is 0. The fourth-order valence-corrected chi connectivity index (χ4v) is 3.31. The summed E-state index contributed by atoms with van der Waals surface area (Å²) in [6, 6.07) is 0.438. The van der Waals surface area contributed by atoms with Crippen molar-refractivity contribution in [3.8, 4) is 11.9 Å². The van der Waals surface area contributed by atoms with Gasteiger partial charge in [0.05, 0.1) is 19.3 Å². The maximum absolute atomic E-state index is 12.9. The van der Waals surface area contributed by atoms with Crippen molar-refractivity contribution in [3.05, 3.63) is 29.7 Å². The van der Waals surface area contributed by atoms with Crippen LogP contribution < -0.4 is 9.47 Å². The summed E-state index contributed by atoms with van der Waals surface area (Å²) in [7, 11) is 0. The van der Waals surface area contributed by atoms with E-state index in [1.54, 1.807) is 9.58 Å². The molecule has 0 aromatic carbocycles. The van der Waals surface area contributed by atoms with Crippen LogP contribution >= 0.6 is 0 Å². The number of piperidine rings is 1. The van der Waals surface area contributed by atoms with Crippen LogP contribution in [-0.4, -0.2) is 56.4 Å². The number of likely N-dealkylation sites (tertiary alicyclic amines) is 1. The third kappa shape index (κ3) is 3.73. The molecule has 2 aliphatic rings. The smallest absolute Gasteiger partial charge is 0.433 e. The highest BCUT2D eigenvalue weighted by atomic mass is 19.4. The number of fused-ring (bicyclic) bond motifs is 1. The molecule has 1 amide bonds. The number of carbonyl (C=O) groups is 1. The molecule has 0 spiro atoms. The molecule has 0 radical (unpaired) electrons. The molecule has 0 N–H and O–H groups in total. The Morgan fingerprint density at radius 3 is 2.96 bits per heavy atom. The van der Waals surface area contributed by atoms with Gasteiger partial charge in [0.1, 0.15) is 11.7 Å². The van der Waals surface area contributed by atoms with Gasteiger partial charge < -0.3 is 14.4 Å². The lowest BCUT2D eigenvalue weighted by molar-refractivity contribution is -0.141. The molecule has 1 unspecified atom stereocenters. The van der Waals surface area contributed by atoms with Crippen LogP contribution in [0.3, 0.4) is 0 Å². The molecule has 28 heavy (non-hydrogen) atoms. The molecule has 2 aromatic heterocycles. The number of nitrogens with zero attached hydrogens (tertiary/aromatic N) is 5. The molecule has 8 nitrogen and oxygen atoms in total. The lowest BCUT2D eigenvalue weighted by Gasteiger charge is -2.32. The number of amides is 1. The maximum atomic E-state index is 12.9. The van der Waals surface area contributed by atoms with Gasteiger partial charge in [0.2, 0.25) is 5.88 Å². The average Bonchev–Trinajstić information content (AvgIpc) is 3.11. The molecule has 0 bridgehead atoms. The summed E-state index contributed by atoms with van der Waals surface area (Å²) in [6.07, 6.45) is -0.494. The fourth-order valence-electron chi connectivity index (χ4n) is 3.31. The van der Waals surface area contributed by atoms with E-state index >= 15 is 0 Å². The number of aromatic nitrogens is 4. The van der Waals surface area contributed by atoms with Gasteiger partial charge in [0.15, 0.2) is 5.69 Å². The fraction of sp³-hybridized carbons (Fsp3) is 0.529. The van der Waals surface area contributed by atoms with E-state index in [0.29, 0.717) is 44.0 Å². The Morgan fingerprint density at radius 1 is 1.29 bits per heavy atom. The predicted octanol–water partition coefficient (Wildman–Crippen LogP) is 2.16. The molecular weight excluding hydrogens is 379 g/mol. The number of aryl methyl sites for hydroxylation is 1. The number of carbonyl (C=O) groups excluding carboxylic acids is 1. The molecule has 4 heterocycles. The molecular formula is C17H18F3N5O3. The minimum atomic E-state index is -4.57. The zero-order valence-corrected chi connectivity index (χ0v) is 14.9. The van der Waals surface area contributed by atoms with Crippen LogP contribution in [0, 0.1) is 0 Å². The lowest BCUT2D eigenvalue weighted by Crippen LogP contribution is -2.44. The number of rotatable bonds is 3. The topological polar surface area (TPSA) is 82.4 Å². The number of ether oxygens (including phenoxy) is 2. The summed E-state index contributed by atoms with van der Waals surface area (Å²) in [5, 5.41) is 4.18. The Morgan fingerprint density at radius 2 is 2.14 bits per heavy atom. The largest absolute Gasteiger partial charge is 0.477 e. The second-order valence-electron chi connectivity index (χ2n) is 6.64. The Labute approximate surface area is 158 Å². The molecule has 1 saturated heterocycles. The highest BCUT2D eigenvalue weighted by Gasteiger charge is 2.34. The van der Waals surface area contributed by atoms with Crippen molar-refractivity contribution < 1.29 is 27.4 Å². The molecule has 0 saturated carbocycles. The highest BCUT2D eigenvalue weighted by molar-refractivity contribution is 5.96. The quantitative estimate of drug-likeness (QED) is 0.790. The van der Waals surface area contributed by atoms with Crippen molar-refractivity contribution in [2.24, 2.45) is 0 Å². The van der Waals surface area contributed by atoms with Gasteiger partial charge in [-0.3, -0.25) is 4.79 Å². The monoisotopic (exact) mass is 397 g/mol. The van der Waals surface area contributed by atoms with E-state index in [1.165, 1.54) is 6.20 Å². The van der Waals surface area contributed by atoms with E-state index in [1.807, 2.05) is 0 Å². The Hall–Kier alpha value is -2.85. The van der Waals surface area contributed by atoms with Gasteiger partial charge in [-0.1, -0.05) is 0 Å². The number of halogens is 3. The minimum Gasteiger partial charge on any atom is -0.477 e. The van der Waals surface area contributed by atoms with E-state index in [0.717, 1.165) is 18.7 Å². The van der Waals surface area contributed by atoms with Crippen LogP contribution in [0.2, 0.25) is 0 Å². The third-order valence-electron chi connectivity index (χ3n) is 4.64. The van der Waals surface area contributed by atoms with Crippen molar-refractivity contribution in [1.82, 2.24) is 24.6 Å². The Kier molecular flexibility index (Phi) is 4.82. The second kappa shape index (κ2) is 7.28. The van der Waals surface area contributed by atoms with E-state index in [9.17, 15) is 18.0 Å². The first-order valence-electron chi connectivity index (χ1n) is 8.96. The Balaban J connectivity index is 1.45. The summed E-state index contributed by atoms with van der Waals surface area (Å²) in [4.78, 5) is 21.6. The van der Waals surface area contributed by atoms with Gasteiger partial charge in [-0.05, 0) is 18.9 Å². The number of alkyl halides is 3. The van der Waals surface area contributed by atoms with Crippen LogP contribution in [-0.2, 0) is 12.7 Å². The van der Waals surface area contributed by atoms with E-state index in [4.69, 9.17) is 9.47 Å². The Bertz CT molecular complexity index is 870. The summed E-state index contributed by atoms with van der Waals surface area (Å²) < 4.78 is 51.1. The van der Waals surface area contributed by atoms with Gasteiger partial charge in [0.25, 0.3) is 5.91 Å². The van der Waals surface area contributed by atoms with Crippen molar-refractivity contribution in [3.63, 3.8) is 0 Å². The van der Waals surface area contributed by atoms with E-state index in [2.05, 4.69) is 15.1 Å². The highest BCUT2D eigenvalue weighted by Crippen LogP contribution is 2.29. The molecule has 1 atom stereocenters. The zero-order chi connectivity index (χ0) is 19.7. The molecule has 1 fully saturated rings. The van der Waals surface area contributed by atoms with Crippen LogP contribution in [0.1, 0.15) is 35.3 Å². The van der Waals surface area contributed by atoms with E-state index < -0.39 is 18.0 Å². The summed E-state index contributed by atoms with van der Waals surface area (Å²) in [5.74, 6) is 0.224. The standard InChI is InChI=1S/C17H18F3N5O3/c18-17(19,20)13-4-5-21-16(23-13)28-11-3-1-6-24(10-11)14(26)12-9-22-25-7-2-8-27-15(12)25/h4-5,9,11H,1-3,6-8,10H2. The molecule has 2 aliphatic heterocycles. The minimum absolute atomic E-state index is 0.225. The third-order valence-corrected chi connectivity index (χ3v) is 4.64. The molecule has 0 aliphatic carbocycles. The van der Waals surface area contributed by atoms with Gasteiger partial charge in [-0.2, -0.15) is 23.3 Å². The first-order valence-corrected chi connectivity index (χ1v) is 8.96. The van der Waals surface area contributed by atoms with Crippen LogP contribution in [0.25, 0.3) is 0 Å². The van der Waals surface area contributed by atoms with Crippen LogP contribution in [0.5, 0.6) is 11.9 Å². The van der Waals surface area contributed by atoms with Crippen LogP contribution in [0.4, 0.5) is 13.2 Å². The van der Waals surface area contributed by atoms with Gasteiger partial charge in [0, 0.05) is 25.7 Å². The second-order valence-corrected chi connectivity index (χ2v) is 6.64. The van der Waals surface area contributed by atoms with Gasteiger partial charge in [-0.15, -0.1) is 0 Å².